The van der Waals surface area contributed by atoms with Gasteiger partial charge in [0.25, 0.3) is 0 Å². The Bertz CT molecular complexity index is 547. The second-order valence-corrected chi connectivity index (χ2v) is 3.95. The smallest absolute Gasteiger partial charge is 0.371 e. The molecule has 0 aliphatic carbocycles. The van der Waals surface area contributed by atoms with Crippen LogP contribution in [0.1, 0.15) is 34.8 Å². The minimum Gasteiger partial charge on any atom is -0.475 e. The van der Waals surface area contributed by atoms with Crippen LogP contribution in [-0.2, 0) is 5.60 Å². The number of carboxylic acids is 1. The number of aromatic carboxylic acids is 1. The van der Waals surface area contributed by atoms with Gasteiger partial charge in [-0.1, -0.05) is 0 Å². The van der Waals surface area contributed by atoms with Crippen LogP contribution in [0.15, 0.2) is 33.1 Å². The lowest BCUT2D eigenvalue weighted by Gasteiger charge is -2.17. The van der Waals surface area contributed by atoms with Gasteiger partial charge < -0.3 is 19.0 Å². The van der Waals surface area contributed by atoms with E-state index in [1.54, 1.807) is 19.1 Å². The van der Waals surface area contributed by atoms with Crippen LogP contribution in [0.25, 0.3) is 0 Å². The van der Waals surface area contributed by atoms with Gasteiger partial charge >= 0.3 is 5.97 Å². The molecule has 0 aromatic carbocycles. The first kappa shape index (κ1) is 11.5. The summed E-state index contributed by atoms with van der Waals surface area (Å²) in [5.41, 5.74) is -1.48. The fourth-order valence-electron chi connectivity index (χ4n) is 1.53. The molecule has 0 aliphatic heterocycles. The number of furan rings is 2. The third-order valence-electron chi connectivity index (χ3n) is 2.52. The van der Waals surface area contributed by atoms with E-state index in [4.69, 9.17) is 13.9 Å². The molecule has 0 spiro atoms. The highest BCUT2D eigenvalue weighted by Crippen LogP contribution is 2.31. The normalized spacial score (nSPS) is 14.5. The lowest BCUT2D eigenvalue weighted by atomic mass is 10.0. The summed E-state index contributed by atoms with van der Waals surface area (Å²) in [5.74, 6) is -0.304. The molecular weight excluding hydrogens is 224 g/mol. The zero-order chi connectivity index (χ0) is 12.6. The van der Waals surface area contributed by atoms with Gasteiger partial charge in [-0.3, -0.25) is 0 Å². The maximum atomic E-state index is 10.7. The summed E-state index contributed by atoms with van der Waals surface area (Å²) in [6.45, 7) is 3.24. The third-order valence-corrected chi connectivity index (χ3v) is 2.52. The molecule has 0 saturated heterocycles. The number of hydrogen-bond donors (Lipinski definition) is 2. The summed E-state index contributed by atoms with van der Waals surface area (Å²) in [5, 5.41) is 19.0. The van der Waals surface area contributed by atoms with E-state index in [0.29, 0.717) is 11.5 Å². The molecule has 5 nitrogen and oxygen atoms in total. The second-order valence-electron chi connectivity index (χ2n) is 3.95. The van der Waals surface area contributed by atoms with E-state index in [1.807, 2.05) is 0 Å². The van der Waals surface area contributed by atoms with Gasteiger partial charge in [-0.05, 0) is 38.1 Å². The second kappa shape index (κ2) is 3.78. The number of hydrogen-bond acceptors (Lipinski definition) is 4. The van der Waals surface area contributed by atoms with Crippen molar-refractivity contribution >= 4 is 5.97 Å². The van der Waals surface area contributed by atoms with Gasteiger partial charge in [-0.25, -0.2) is 4.79 Å². The predicted octanol–water partition coefficient (Wildman–Crippen LogP) is 2.14. The molecule has 90 valence electrons. The zero-order valence-electron chi connectivity index (χ0n) is 9.43. The van der Waals surface area contributed by atoms with Crippen LogP contribution in [0, 0.1) is 6.92 Å². The SMILES string of the molecule is Cc1ccc(C(C)(O)c2ccc(C(=O)O)o2)o1. The van der Waals surface area contributed by atoms with Crippen LogP contribution in [0.2, 0.25) is 0 Å². The molecular formula is C12H12O5. The summed E-state index contributed by atoms with van der Waals surface area (Å²) < 4.78 is 10.4. The number of aryl methyl sites for hydroxylation is 1. The predicted molar refractivity (Wildman–Crippen MR) is 57.8 cm³/mol. The molecule has 2 aromatic rings. The average molecular weight is 236 g/mol. The van der Waals surface area contributed by atoms with Gasteiger partial charge in [0.05, 0.1) is 0 Å². The molecule has 0 bridgehead atoms. The quantitative estimate of drug-likeness (QED) is 0.852. The molecule has 0 aliphatic rings. The molecule has 0 amide bonds. The van der Waals surface area contributed by atoms with Crippen molar-refractivity contribution in [2.75, 3.05) is 0 Å². The Labute approximate surface area is 97.3 Å². The number of carboxylic acid groups (broad SMARTS) is 1. The molecule has 0 fully saturated rings. The standard InChI is InChI=1S/C12H12O5/c1-7-3-5-9(16-7)12(2,15)10-6-4-8(17-10)11(13)14/h3-6,15H,1-2H3,(H,13,14). The third kappa shape index (κ3) is 1.97. The Morgan fingerprint density at radius 2 is 1.76 bits per heavy atom. The first-order valence-corrected chi connectivity index (χ1v) is 5.04. The molecule has 1 atom stereocenters. The molecule has 2 aromatic heterocycles. The van der Waals surface area contributed by atoms with Crippen molar-refractivity contribution < 1.29 is 23.8 Å². The number of carbonyl (C=O) groups is 1. The average Bonchev–Trinajstić information content (AvgIpc) is 2.85. The molecule has 17 heavy (non-hydrogen) atoms. The zero-order valence-corrected chi connectivity index (χ0v) is 9.43. The van der Waals surface area contributed by atoms with E-state index in [2.05, 4.69) is 0 Å². The lowest BCUT2D eigenvalue weighted by Crippen LogP contribution is -2.21. The van der Waals surface area contributed by atoms with Crippen molar-refractivity contribution in [3.63, 3.8) is 0 Å². The van der Waals surface area contributed by atoms with Gasteiger partial charge in [0.15, 0.2) is 5.60 Å². The van der Waals surface area contributed by atoms with E-state index in [9.17, 15) is 9.90 Å². The van der Waals surface area contributed by atoms with Crippen LogP contribution in [-0.4, -0.2) is 16.2 Å². The Morgan fingerprint density at radius 1 is 1.18 bits per heavy atom. The van der Waals surface area contributed by atoms with Crippen LogP contribution in [0.5, 0.6) is 0 Å². The summed E-state index contributed by atoms with van der Waals surface area (Å²) in [6.07, 6.45) is 0. The van der Waals surface area contributed by atoms with Gasteiger partial charge in [0.2, 0.25) is 5.76 Å². The fourth-order valence-corrected chi connectivity index (χ4v) is 1.53. The molecule has 1 unspecified atom stereocenters. The highest BCUT2D eigenvalue weighted by molar-refractivity contribution is 5.84. The minimum absolute atomic E-state index is 0.129. The molecule has 5 heteroatoms. The molecule has 2 heterocycles. The Balaban J connectivity index is 2.40. The van der Waals surface area contributed by atoms with Crippen LogP contribution in [0.4, 0.5) is 0 Å². The van der Waals surface area contributed by atoms with Crippen LogP contribution >= 0.6 is 0 Å². The summed E-state index contributed by atoms with van der Waals surface area (Å²) in [7, 11) is 0. The van der Waals surface area contributed by atoms with Crippen molar-refractivity contribution in [3.05, 3.63) is 47.3 Å². The van der Waals surface area contributed by atoms with Crippen molar-refractivity contribution in [3.8, 4) is 0 Å². The highest BCUT2D eigenvalue weighted by atomic mass is 16.4. The molecule has 2 N–H and O–H groups in total. The molecule has 2 rings (SSSR count). The van der Waals surface area contributed by atoms with Crippen molar-refractivity contribution in [1.82, 2.24) is 0 Å². The van der Waals surface area contributed by atoms with Gasteiger partial charge in [-0.2, -0.15) is 0 Å². The van der Waals surface area contributed by atoms with E-state index < -0.39 is 11.6 Å². The Hall–Kier alpha value is -2.01. The van der Waals surface area contributed by atoms with Crippen molar-refractivity contribution in [1.29, 1.82) is 0 Å². The maximum absolute atomic E-state index is 10.7. The van der Waals surface area contributed by atoms with Crippen LogP contribution in [0.3, 0.4) is 0 Å². The molecule has 0 radical (unpaired) electrons. The Morgan fingerprint density at radius 3 is 2.24 bits per heavy atom. The first-order valence-electron chi connectivity index (χ1n) is 5.04. The monoisotopic (exact) mass is 236 g/mol. The van der Waals surface area contributed by atoms with E-state index in [0.717, 1.165) is 0 Å². The summed E-state index contributed by atoms with van der Waals surface area (Å²) >= 11 is 0. The number of aliphatic hydroxyl groups is 1. The van der Waals surface area contributed by atoms with Crippen molar-refractivity contribution in [2.24, 2.45) is 0 Å². The minimum atomic E-state index is -1.48. The first-order chi connectivity index (χ1) is 7.91. The maximum Gasteiger partial charge on any atom is 0.371 e. The van der Waals surface area contributed by atoms with E-state index >= 15 is 0 Å². The van der Waals surface area contributed by atoms with Crippen molar-refractivity contribution in [2.45, 2.75) is 19.4 Å². The van der Waals surface area contributed by atoms with Gasteiger partial charge in [0.1, 0.15) is 17.3 Å². The van der Waals surface area contributed by atoms with Gasteiger partial charge in [-0.15, -0.1) is 0 Å². The van der Waals surface area contributed by atoms with E-state index in [1.165, 1.54) is 19.1 Å². The number of rotatable bonds is 3. The highest BCUT2D eigenvalue weighted by Gasteiger charge is 2.33. The summed E-state index contributed by atoms with van der Waals surface area (Å²) in [6, 6.07) is 6.05. The van der Waals surface area contributed by atoms with Gasteiger partial charge in [0, 0.05) is 0 Å². The fraction of sp³-hybridized carbons (Fsp3) is 0.250. The largest absolute Gasteiger partial charge is 0.475 e. The summed E-state index contributed by atoms with van der Waals surface area (Å²) in [4.78, 5) is 10.7. The topological polar surface area (TPSA) is 83.8 Å². The lowest BCUT2D eigenvalue weighted by molar-refractivity contribution is 0.0477. The molecule has 0 saturated carbocycles. The Kier molecular flexibility index (Phi) is 2.55. The van der Waals surface area contributed by atoms with E-state index in [-0.39, 0.29) is 11.5 Å². The van der Waals surface area contributed by atoms with Crippen LogP contribution < -0.4 is 0 Å².